The van der Waals surface area contributed by atoms with Crippen LogP contribution in [0.25, 0.3) is 21.0 Å². The zero-order valence-electron chi connectivity index (χ0n) is 14.5. The van der Waals surface area contributed by atoms with Gasteiger partial charge in [-0.25, -0.2) is 9.67 Å². The van der Waals surface area contributed by atoms with Crippen LogP contribution < -0.4 is 16.4 Å². The van der Waals surface area contributed by atoms with Crippen molar-refractivity contribution in [3.63, 3.8) is 0 Å². The lowest BCUT2D eigenvalue weighted by Crippen LogP contribution is -2.34. The van der Waals surface area contributed by atoms with Crippen molar-refractivity contribution in [1.29, 1.82) is 0 Å². The predicted octanol–water partition coefficient (Wildman–Crippen LogP) is 2.50. The summed E-state index contributed by atoms with van der Waals surface area (Å²) in [5.74, 6) is -0.433. The standard InChI is InChI=1S/C19H16N4O3S/c1-2-11-7-8-14-15(9-11)27-19(20-14)21-16(24)10-23-18(26)13-6-4-3-5-12(13)17(25)22-23/h3-9H,2,10H2,1H3,(H,22,25)(H,20,21,24). The van der Waals surface area contributed by atoms with E-state index in [0.29, 0.717) is 10.5 Å². The smallest absolute Gasteiger partial charge is 0.273 e. The fraction of sp³-hybridized carbons (Fsp3) is 0.158. The number of carbonyl (C=O) groups excluding carboxylic acids is 1. The van der Waals surface area contributed by atoms with Crippen molar-refractivity contribution in [2.45, 2.75) is 19.9 Å². The average molecular weight is 380 g/mol. The van der Waals surface area contributed by atoms with E-state index < -0.39 is 17.0 Å². The maximum absolute atomic E-state index is 12.5. The molecule has 27 heavy (non-hydrogen) atoms. The Hall–Kier alpha value is -3.26. The number of aromatic amines is 1. The first-order valence-corrected chi connectivity index (χ1v) is 9.28. The molecule has 2 heterocycles. The van der Waals surface area contributed by atoms with Gasteiger partial charge in [-0.1, -0.05) is 36.5 Å². The van der Waals surface area contributed by atoms with Crippen LogP contribution in [0.1, 0.15) is 12.5 Å². The molecule has 8 heteroatoms. The minimum absolute atomic E-state index is 0.279. The van der Waals surface area contributed by atoms with Gasteiger partial charge in [-0.05, 0) is 36.2 Å². The summed E-state index contributed by atoms with van der Waals surface area (Å²) in [5, 5.41) is 6.19. The molecule has 0 saturated heterocycles. The van der Waals surface area contributed by atoms with Crippen molar-refractivity contribution in [2.75, 3.05) is 5.32 Å². The summed E-state index contributed by atoms with van der Waals surface area (Å²) in [4.78, 5) is 41.3. The number of aryl methyl sites for hydroxylation is 1. The summed E-state index contributed by atoms with van der Waals surface area (Å²) >= 11 is 1.37. The molecular weight excluding hydrogens is 364 g/mol. The van der Waals surface area contributed by atoms with E-state index in [-0.39, 0.29) is 11.9 Å². The van der Waals surface area contributed by atoms with Crippen molar-refractivity contribution in [1.82, 2.24) is 14.8 Å². The number of benzene rings is 2. The summed E-state index contributed by atoms with van der Waals surface area (Å²) in [7, 11) is 0. The molecule has 7 nitrogen and oxygen atoms in total. The quantitative estimate of drug-likeness (QED) is 0.568. The molecule has 0 unspecified atom stereocenters. The molecule has 136 valence electrons. The number of H-pyrrole nitrogens is 1. The van der Waals surface area contributed by atoms with Crippen molar-refractivity contribution >= 4 is 43.4 Å². The monoisotopic (exact) mass is 380 g/mol. The molecule has 0 aliphatic carbocycles. The number of hydrogen-bond acceptors (Lipinski definition) is 5. The maximum atomic E-state index is 12.5. The third-order valence-electron chi connectivity index (χ3n) is 4.29. The van der Waals surface area contributed by atoms with Gasteiger partial charge in [-0.2, -0.15) is 0 Å². The Morgan fingerprint density at radius 3 is 2.74 bits per heavy atom. The molecule has 2 aromatic heterocycles. The first-order chi connectivity index (χ1) is 13.0. The second-order valence-electron chi connectivity index (χ2n) is 6.10. The molecule has 0 aliphatic heterocycles. The summed E-state index contributed by atoms with van der Waals surface area (Å²) in [6.07, 6.45) is 0.924. The Morgan fingerprint density at radius 1 is 1.19 bits per heavy atom. The van der Waals surface area contributed by atoms with Crippen LogP contribution in [0.15, 0.2) is 52.1 Å². The number of rotatable bonds is 4. The highest BCUT2D eigenvalue weighted by Gasteiger charge is 2.12. The maximum Gasteiger partial charge on any atom is 0.273 e. The lowest BCUT2D eigenvalue weighted by atomic mass is 10.2. The Bertz CT molecular complexity index is 1290. The van der Waals surface area contributed by atoms with Gasteiger partial charge in [0.15, 0.2) is 5.13 Å². The van der Waals surface area contributed by atoms with Crippen molar-refractivity contribution in [2.24, 2.45) is 0 Å². The summed E-state index contributed by atoms with van der Waals surface area (Å²) < 4.78 is 2.00. The molecule has 0 atom stereocenters. The number of fused-ring (bicyclic) bond motifs is 2. The van der Waals surface area contributed by atoms with Gasteiger partial charge < -0.3 is 5.32 Å². The lowest BCUT2D eigenvalue weighted by molar-refractivity contribution is -0.117. The van der Waals surface area contributed by atoms with Crippen LogP contribution in [0, 0.1) is 0 Å². The van der Waals surface area contributed by atoms with Crippen molar-refractivity contribution in [3.8, 4) is 0 Å². The molecule has 0 saturated carbocycles. The minimum Gasteiger partial charge on any atom is -0.300 e. The predicted molar refractivity (Wildman–Crippen MR) is 106 cm³/mol. The van der Waals surface area contributed by atoms with Crippen molar-refractivity contribution in [3.05, 3.63) is 68.7 Å². The summed E-state index contributed by atoms with van der Waals surface area (Å²) in [6, 6.07) is 12.5. The zero-order chi connectivity index (χ0) is 19.0. The largest absolute Gasteiger partial charge is 0.300 e. The van der Waals surface area contributed by atoms with E-state index in [1.807, 2.05) is 18.2 Å². The van der Waals surface area contributed by atoms with Gasteiger partial charge in [0.05, 0.1) is 21.0 Å². The third kappa shape index (κ3) is 3.26. The van der Waals surface area contributed by atoms with Crippen LogP contribution >= 0.6 is 11.3 Å². The Morgan fingerprint density at radius 2 is 1.96 bits per heavy atom. The van der Waals surface area contributed by atoms with Crippen LogP contribution in [0.4, 0.5) is 5.13 Å². The van der Waals surface area contributed by atoms with E-state index in [2.05, 4.69) is 22.3 Å². The average Bonchev–Trinajstić information content (AvgIpc) is 3.07. The molecule has 0 fully saturated rings. The number of carbonyl (C=O) groups is 1. The van der Waals surface area contributed by atoms with E-state index in [9.17, 15) is 14.4 Å². The number of anilines is 1. The van der Waals surface area contributed by atoms with Gasteiger partial charge in [-0.15, -0.1) is 0 Å². The molecule has 2 N–H and O–H groups in total. The molecule has 4 aromatic rings. The van der Waals surface area contributed by atoms with Gasteiger partial charge in [0.1, 0.15) is 6.54 Å². The van der Waals surface area contributed by atoms with Crippen molar-refractivity contribution < 1.29 is 4.79 Å². The number of hydrogen-bond donors (Lipinski definition) is 2. The first kappa shape index (κ1) is 17.2. The highest BCUT2D eigenvalue weighted by Crippen LogP contribution is 2.26. The van der Waals surface area contributed by atoms with Crippen LogP contribution in [0.2, 0.25) is 0 Å². The molecule has 1 amide bonds. The van der Waals surface area contributed by atoms with E-state index in [4.69, 9.17) is 0 Å². The number of nitrogens with zero attached hydrogens (tertiary/aromatic N) is 2. The molecule has 4 rings (SSSR count). The number of amides is 1. The highest BCUT2D eigenvalue weighted by atomic mass is 32.1. The summed E-state index contributed by atoms with van der Waals surface area (Å²) in [6.45, 7) is 1.78. The lowest BCUT2D eigenvalue weighted by Gasteiger charge is -2.06. The zero-order valence-corrected chi connectivity index (χ0v) is 15.3. The second-order valence-corrected chi connectivity index (χ2v) is 7.13. The highest BCUT2D eigenvalue weighted by molar-refractivity contribution is 7.22. The van der Waals surface area contributed by atoms with Crippen LogP contribution in [0.5, 0.6) is 0 Å². The summed E-state index contributed by atoms with van der Waals surface area (Å²) in [5.41, 5.74) is 1.18. The van der Waals surface area contributed by atoms with Crippen LogP contribution in [0.3, 0.4) is 0 Å². The Labute approximate surface area is 157 Å². The van der Waals surface area contributed by atoms with Gasteiger partial charge in [0.25, 0.3) is 11.1 Å². The third-order valence-corrected chi connectivity index (χ3v) is 5.23. The molecular formula is C19H16N4O3S. The molecule has 0 spiro atoms. The Balaban J connectivity index is 1.60. The van der Waals surface area contributed by atoms with Gasteiger partial charge in [0.2, 0.25) is 5.91 Å². The van der Waals surface area contributed by atoms with E-state index in [0.717, 1.165) is 21.3 Å². The number of aromatic nitrogens is 3. The van der Waals surface area contributed by atoms with Crippen LogP contribution in [-0.4, -0.2) is 20.7 Å². The minimum atomic E-state index is -0.433. The first-order valence-electron chi connectivity index (χ1n) is 8.46. The second kappa shape index (κ2) is 6.81. The van der Waals surface area contributed by atoms with Gasteiger partial charge in [0, 0.05) is 0 Å². The number of thiazole rings is 1. The molecule has 2 aromatic carbocycles. The fourth-order valence-electron chi connectivity index (χ4n) is 2.90. The number of nitrogens with one attached hydrogen (secondary N) is 2. The normalized spacial score (nSPS) is 11.1. The van der Waals surface area contributed by atoms with Gasteiger partial charge in [-0.3, -0.25) is 19.5 Å². The van der Waals surface area contributed by atoms with Gasteiger partial charge >= 0.3 is 0 Å². The molecule has 0 aliphatic rings. The fourth-order valence-corrected chi connectivity index (χ4v) is 3.85. The SMILES string of the molecule is CCc1ccc2nc(NC(=O)Cn3[nH]c(=O)c4ccccc4c3=O)sc2c1. The van der Waals surface area contributed by atoms with E-state index >= 15 is 0 Å². The van der Waals surface area contributed by atoms with Crippen LogP contribution in [-0.2, 0) is 17.8 Å². The molecule has 0 bridgehead atoms. The molecule has 0 radical (unpaired) electrons. The Kier molecular flexibility index (Phi) is 4.33. The van der Waals surface area contributed by atoms with E-state index in [1.54, 1.807) is 24.3 Å². The van der Waals surface area contributed by atoms with E-state index in [1.165, 1.54) is 16.9 Å². The topological polar surface area (TPSA) is 96.8 Å².